The molecule has 2 atom stereocenters. The average Bonchev–Trinajstić information content (AvgIpc) is 1.97. The van der Waals surface area contributed by atoms with E-state index in [1.54, 1.807) is 7.05 Å². The number of hydrogen-bond acceptors (Lipinski definition) is 2. The monoisotopic (exact) mass is 156 g/mol. The van der Waals surface area contributed by atoms with Gasteiger partial charge in [-0.05, 0) is 6.92 Å². The van der Waals surface area contributed by atoms with Gasteiger partial charge in [-0.2, -0.15) is 0 Å². The van der Waals surface area contributed by atoms with Gasteiger partial charge in [0.05, 0.1) is 5.92 Å². The van der Waals surface area contributed by atoms with Crippen molar-refractivity contribution in [2.45, 2.75) is 19.9 Å². The number of carbonyl (C=O) groups excluding carboxylic acids is 2. The first-order chi connectivity index (χ1) is 5.04. The molecule has 0 aromatic heterocycles. The van der Waals surface area contributed by atoms with Crippen LogP contribution in [-0.2, 0) is 4.79 Å². The lowest BCUT2D eigenvalue weighted by Gasteiger charge is -2.33. The van der Waals surface area contributed by atoms with Crippen molar-refractivity contribution in [3.8, 4) is 0 Å². The van der Waals surface area contributed by atoms with Gasteiger partial charge in [-0.1, -0.05) is 6.92 Å². The minimum atomic E-state index is -0.305. The van der Waals surface area contributed by atoms with E-state index in [0.29, 0.717) is 0 Å². The molecule has 0 saturated carbocycles. The molecule has 62 valence electrons. The standard InChI is InChI=1S/C7H12N2O2/c1-4-5(2)9(3)7(11)8-6(4)10/h4-5H,1-3H3,(H,8,10,11). The number of hydrogen-bond donors (Lipinski definition) is 1. The van der Waals surface area contributed by atoms with Crippen LogP contribution in [0.25, 0.3) is 0 Å². The first-order valence-corrected chi connectivity index (χ1v) is 3.61. The minimum Gasteiger partial charge on any atom is -0.324 e. The summed E-state index contributed by atoms with van der Waals surface area (Å²) in [7, 11) is 1.68. The summed E-state index contributed by atoms with van der Waals surface area (Å²) in [5, 5.41) is 2.26. The summed E-state index contributed by atoms with van der Waals surface area (Å²) in [5.41, 5.74) is 0. The van der Waals surface area contributed by atoms with E-state index < -0.39 is 0 Å². The molecule has 1 fully saturated rings. The molecule has 0 aromatic carbocycles. The van der Waals surface area contributed by atoms with E-state index in [9.17, 15) is 9.59 Å². The van der Waals surface area contributed by atoms with E-state index in [1.807, 2.05) is 13.8 Å². The molecule has 0 aliphatic carbocycles. The molecular formula is C7H12N2O2. The maximum absolute atomic E-state index is 11.0. The number of nitrogens with zero attached hydrogens (tertiary/aromatic N) is 1. The van der Waals surface area contributed by atoms with Gasteiger partial charge in [-0.3, -0.25) is 10.1 Å². The van der Waals surface area contributed by atoms with Gasteiger partial charge >= 0.3 is 6.03 Å². The topological polar surface area (TPSA) is 49.4 Å². The van der Waals surface area contributed by atoms with Crippen molar-refractivity contribution in [1.82, 2.24) is 10.2 Å². The van der Waals surface area contributed by atoms with Crippen molar-refractivity contribution in [3.05, 3.63) is 0 Å². The van der Waals surface area contributed by atoms with E-state index in [-0.39, 0.29) is 23.9 Å². The molecule has 0 radical (unpaired) electrons. The van der Waals surface area contributed by atoms with Crippen LogP contribution in [0.2, 0.25) is 0 Å². The fourth-order valence-electron chi connectivity index (χ4n) is 1.05. The molecule has 2 unspecified atom stereocenters. The Morgan fingerprint density at radius 1 is 1.36 bits per heavy atom. The fourth-order valence-corrected chi connectivity index (χ4v) is 1.05. The van der Waals surface area contributed by atoms with Crippen LogP contribution < -0.4 is 5.32 Å². The lowest BCUT2D eigenvalue weighted by atomic mass is 10.00. The maximum Gasteiger partial charge on any atom is 0.324 e. The second kappa shape index (κ2) is 2.53. The predicted molar refractivity (Wildman–Crippen MR) is 39.9 cm³/mol. The molecule has 11 heavy (non-hydrogen) atoms. The van der Waals surface area contributed by atoms with Crippen molar-refractivity contribution in [3.63, 3.8) is 0 Å². The summed E-state index contributed by atoms with van der Waals surface area (Å²) < 4.78 is 0. The van der Waals surface area contributed by atoms with Crippen LogP contribution in [0.1, 0.15) is 13.8 Å². The van der Waals surface area contributed by atoms with Gasteiger partial charge in [-0.15, -0.1) is 0 Å². The van der Waals surface area contributed by atoms with Gasteiger partial charge in [-0.25, -0.2) is 4.79 Å². The Hall–Kier alpha value is -1.06. The molecule has 1 heterocycles. The van der Waals surface area contributed by atoms with Gasteiger partial charge in [0.25, 0.3) is 0 Å². The lowest BCUT2D eigenvalue weighted by Crippen LogP contribution is -2.56. The largest absolute Gasteiger partial charge is 0.324 e. The third-order valence-corrected chi connectivity index (χ3v) is 2.30. The second-order valence-corrected chi connectivity index (χ2v) is 2.93. The number of nitrogens with one attached hydrogen (secondary N) is 1. The Labute approximate surface area is 65.6 Å². The second-order valence-electron chi connectivity index (χ2n) is 2.93. The first kappa shape index (κ1) is 8.04. The van der Waals surface area contributed by atoms with E-state index >= 15 is 0 Å². The van der Waals surface area contributed by atoms with Gasteiger partial charge < -0.3 is 4.90 Å². The molecule has 3 amide bonds. The van der Waals surface area contributed by atoms with Crippen LogP contribution in [-0.4, -0.2) is 29.9 Å². The van der Waals surface area contributed by atoms with E-state index in [4.69, 9.17) is 0 Å². The molecule has 0 spiro atoms. The highest BCUT2D eigenvalue weighted by atomic mass is 16.2. The number of imide groups is 1. The quantitative estimate of drug-likeness (QED) is 0.544. The Kier molecular flexibility index (Phi) is 1.85. The number of rotatable bonds is 0. The van der Waals surface area contributed by atoms with E-state index in [1.165, 1.54) is 4.90 Å². The van der Waals surface area contributed by atoms with Crippen LogP contribution in [0, 0.1) is 5.92 Å². The van der Waals surface area contributed by atoms with Crippen LogP contribution in [0.5, 0.6) is 0 Å². The Balaban J connectivity index is 2.78. The highest BCUT2D eigenvalue weighted by Crippen LogP contribution is 2.13. The highest BCUT2D eigenvalue weighted by molar-refractivity contribution is 5.98. The number of carbonyl (C=O) groups is 2. The fraction of sp³-hybridized carbons (Fsp3) is 0.714. The van der Waals surface area contributed by atoms with Crippen LogP contribution >= 0.6 is 0 Å². The molecule has 1 N–H and O–H groups in total. The summed E-state index contributed by atoms with van der Waals surface area (Å²) >= 11 is 0. The summed E-state index contributed by atoms with van der Waals surface area (Å²) in [6.45, 7) is 3.67. The maximum atomic E-state index is 11.0. The van der Waals surface area contributed by atoms with Crippen LogP contribution in [0.3, 0.4) is 0 Å². The summed E-state index contributed by atoms with van der Waals surface area (Å²) in [5.74, 6) is -0.293. The van der Waals surface area contributed by atoms with Gasteiger partial charge in [0.1, 0.15) is 0 Å². The molecule has 1 aliphatic heterocycles. The van der Waals surface area contributed by atoms with Crippen molar-refractivity contribution < 1.29 is 9.59 Å². The van der Waals surface area contributed by atoms with Crippen molar-refractivity contribution in [1.29, 1.82) is 0 Å². The smallest absolute Gasteiger partial charge is 0.324 e. The van der Waals surface area contributed by atoms with Gasteiger partial charge in [0, 0.05) is 13.1 Å². The minimum absolute atomic E-state index is 0.00347. The lowest BCUT2D eigenvalue weighted by molar-refractivity contribution is -0.126. The summed E-state index contributed by atoms with van der Waals surface area (Å²) in [4.78, 5) is 23.5. The molecular weight excluding hydrogens is 144 g/mol. The number of urea groups is 1. The van der Waals surface area contributed by atoms with Crippen LogP contribution in [0.4, 0.5) is 4.79 Å². The zero-order valence-electron chi connectivity index (χ0n) is 6.92. The van der Waals surface area contributed by atoms with Crippen molar-refractivity contribution in [2.75, 3.05) is 7.05 Å². The summed E-state index contributed by atoms with van der Waals surface area (Å²) in [6.07, 6.45) is 0. The zero-order chi connectivity index (χ0) is 8.59. The number of amides is 3. The van der Waals surface area contributed by atoms with E-state index in [2.05, 4.69) is 5.32 Å². The van der Waals surface area contributed by atoms with Crippen molar-refractivity contribution >= 4 is 11.9 Å². The molecule has 0 bridgehead atoms. The third-order valence-electron chi connectivity index (χ3n) is 2.30. The zero-order valence-corrected chi connectivity index (χ0v) is 6.92. The first-order valence-electron chi connectivity index (χ1n) is 3.61. The molecule has 1 saturated heterocycles. The van der Waals surface area contributed by atoms with Crippen molar-refractivity contribution in [2.24, 2.45) is 5.92 Å². The summed E-state index contributed by atoms with van der Waals surface area (Å²) in [6, 6.07) is -0.308. The Morgan fingerprint density at radius 3 is 2.45 bits per heavy atom. The SMILES string of the molecule is CC1C(=O)NC(=O)N(C)C1C. The van der Waals surface area contributed by atoms with E-state index in [0.717, 1.165) is 0 Å². The third kappa shape index (κ3) is 1.20. The molecule has 1 rings (SSSR count). The van der Waals surface area contributed by atoms with Gasteiger partial charge in [0.15, 0.2) is 0 Å². The highest BCUT2D eigenvalue weighted by Gasteiger charge is 2.32. The molecule has 4 heteroatoms. The Bertz CT molecular complexity index is 183. The predicted octanol–water partition coefficient (Wildman–Crippen LogP) is 0.193. The molecule has 0 aromatic rings. The van der Waals surface area contributed by atoms with Crippen LogP contribution in [0.15, 0.2) is 0 Å². The normalized spacial score (nSPS) is 32.1. The molecule has 4 nitrogen and oxygen atoms in total. The average molecular weight is 156 g/mol. The van der Waals surface area contributed by atoms with Gasteiger partial charge in [0.2, 0.25) is 5.91 Å². The molecule has 1 aliphatic rings. The Morgan fingerprint density at radius 2 is 1.91 bits per heavy atom.